The molecule has 0 atom stereocenters. The quantitative estimate of drug-likeness (QED) is 0.674. The van der Waals surface area contributed by atoms with Crippen LogP contribution in [-0.2, 0) is 0 Å². The average molecular weight is 351 g/mol. The molecule has 3 aromatic rings. The summed E-state index contributed by atoms with van der Waals surface area (Å²) >= 11 is 8.51. The van der Waals surface area contributed by atoms with Crippen LogP contribution in [0.4, 0.5) is 4.39 Å². The van der Waals surface area contributed by atoms with Gasteiger partial charge in [-0.1, -0.05) is 28.1 Å². The van der Waals surface area contributed by atoms with Crippen LogP contribution >= 0.6 is 28.1 Å². The van der Waals surface area contributed by atoms with Crippen molar-refractivity contribution in [3.63, 3.8) is 0 Å². The molecule has 0 spiro atoms. The van der Waals surface area contributed by atoms with Gasteiger partial charge in [-0.2, -0.15) is 0 Å². The maximum Gasteiger partial charge on any atom is 0.266 e. The number of benzene rings is 2. The van der Waals surface area contributed by atoms with Crippen molar-refractivity contribution in [3.05, 3.63) is 67.9 Å². The summed E-state index contributed by atoms with van der Waals surface area (Å²) in [6, 6.07) is 11.2. The molecule has 0 radical (unpaired) electrons. The summed E-state index contributed by atoms with van der Waals surface area (Å²) in [5, 5.41) is 0.449. The molecule has 2 aromatic carbocycles. The minimum Gasteiger partial charge on any atom is -0.331 e. The molecule has 6 heteroatoms. The van der Waals surface area contributed by atoms with Crippen molar-refractivity contribution in [2.75, 3.05) is 0 Å². The first kappa shape index (κ1) is 13.2. The fraction of sp³-hybridized carbons (Fsp3) is 0. The fourth-order valence-electron chi connectivity index (χ4n) is 2.04. The van der Waals surface area contributed by atoms with Gasteiger partial charge in [0.1, 0.15) is 5.82 Å². The number of halogens is 2. The fourth-order valence-corrected chi connectivity index (χ4v) is 2.69. The first-order valence-corrected chi connectivity index (χ1v) is 6.97. The van der Waals surface area contributed by atoms with Crippen molar-refractivity contribution in [2.45, 2.75) is 0 Å². The zero-order chi connectivity index (χ0) is 14.3. The number of aromatic nitrogens is 2. The van der Waals surface area contributed by atoms with Crippen LogP contribution in [0.1, 0.15) is 0 Å². The van der Waals surface area contributed by atoms with Gasteiger partial charge in [0.05, 0.1) is 16.6 Å². The van der Waals surface area contributed by atoms with Gasteiger partial charge in [-0.3, -0.25) is 4.79 Å². The highest BCUT2D eigenvalue weighted by Crippen LogP contribution is 2.17. The van der Waals surface area contributed by atoms with Crippen LogP contribution < -0.4 is 5.56 Å². The Labute approximate surface area is 126 Å². The molecule has 1 N–H and O–H groups in total. The number of H-pyrrole nitrogens is 1. The Morgan fingerprint density at radius 3 is 2.70 bits per heavy atom. The molecule has 3 nitrogen and oxygen atoms in total. The number of para-hydroxylation sites is 1. The zero-order valence-corrected chi connectivity index (χ0v) is 12.5. The van der Waals surface area contributed by atoms with Gasteiger partial charge >= 0.3 is 0 Å². The molecule has 0 aliphatic carbocycles. The lowest BCUT2D eigenvalue weighted by Crippen LogP contribution is -2.21. The topological polar surface area (TPSA) is 37.8 Å². The first-order chi connectivity index (χ1) is 9.58. The van der Waals surface area contributed by atoms with Crippen molar-refractivity contribution in [1.82, 2.24) is 9.55 Å². The molecule has 0 fully saturated rings. The third-order valence-electron chi connectivity index (χ3n) is 2.95. The van der Waals surface area contributed by atoms with Gasteiger partial charge in [-0.15, -0.1) is 0 Å². The SMILES string of the molecule is O=c1c2ccc(Br)cc2[nH]c(=S)n1-c1ccccc1F. The monoisotopic (exact) mass is 350 g/mol. The van der Waals surface area contributed by atoms with Crippen LogP contribution in [0.25, 0.3) is 16.6 Å². The van der Waals surface area contributed by atoms with Crippen molar-refractivity contribution < 1.29 is 4.39 Å². The van der Waals surface area contributed by atoms with Crippen LogP contribution in [0, 0.1) is 10.6 Å². The number of aromatic amines is 1. The van der Waals surface area contributed by atoms with Crippen molar-refractivity contribution >= 4 is 39.1 Å². The van der Waals surface area contributed by atoms with E-state index in [0.29, 0.717) is 10.9 Å². The molecule has 0 saturated heterocycles. The molecule has 100 valence electrons. The molecule has 0 bridgehead atoms. The number of fused-ring (bicyclic) bond motifs is 1. The second-order valence-electron chi connectivity index (χ2n) is 4.21. The van der Waals surface area contributed by atoms with Gasteiger partial charge in [0.25, 0.3) is 5.56 Å². The van der Waals surface area contributed by atoms with Crippen LogP contribution in [0.2, 0.25) is 0 Å². The van der Waals surface area contributed by atoms with Crippen molar-refractivity contribution in [1.29, 1.82) is 0 Å². The third kappa shape index (κ3) is 2.10. The molecule has 0 aliphatic heterocycles. The van der Waals surface area contributed by atoms with Gasteiger partial charge in [0, 0.05) is 4.47 Å². The van der Waals surface area contributed by atoms with E-state index in [1.807, 2.05) is 0 Å². The van der Waals surface area contributed by atoms with E-state index in [0.717, 1.165) is 4.47 Å². The highest BCUT2D eigenvalue weighted by Gasteiger charge is 2.10. The predicted molar refractivity (Wildman–Crippen MR) is 82.4 cm³/mol. The Balaban J connectivity index is 2.44. The smallest absolute Gasteiger partial charge is 0.266 e. The number of nitrogens with zero attached hydrogens (tertiary/aromatic N) is 1. The van der Waals surface area contributed by atoms with Gasteiger partial charge in [0.2, 0.25) is 0 Å². The lowest BCUT2D eigenvalue weighted by molar-refractivity contribution is 0.615. The van der Waals surface area contributed by atoms with Crippen LogP contribution in [0.5, 0.6) is 0 Å². The molecule has 0 saturated carbocycles. The largest absolute Gasteiger partial charge is 0.331 e. The minimum absolute atomic E-state index is 0.142. The standard InChI is InChI=1S/C14H8BrFN2OS/c15-8-5-6-9-11(7-8)17-14(20)18(13(9)19)12-4-2-1-3-10(12)16/h1-7H,(H,17,20). The predicted octanol–water partition coefficient (Wildman–Crippen LogP) is 3.95. The zero-order valence-electron chi connectivity index (χ0n) is 10.1. The normalized spacial score (nSPS) is 10.9. The molecular formula is C14H8BrFN2OS. The Kier molecular flexibility index (Phi) is 3.27. The highest BCUT2D eigenvalue weighted by atomic mass is 79.9. The van der Waals surface area contributed by atoms with Crippen LogP contribution in [-0.4, -0.2) is 9.55 Å². The summed E-state index contributed by atoms with van der Waals surface area (Å²) in [4.78, 5) is 15.5. The lowest BCUT2D eigenvalue weighted by Gasteiger charge is -2.09. The third-order valence-corrected chi connectivity index (χ3v) is 3.73. The van der Waals surface area contributed by atoms with E-state index in [4.69, 9.17) is 12.2 Å². The second kappa shape index (κ2) is 4.96. The van der Waals surface area contributed by atoms with Gasteiger partial charge < -0.3 is 4.98 Å². The molecule has 1 heterocycles. The molecule has 0 unspecified atom stereocenters. The summed E-state index contributed by atoms with van der Waals surface area (Å²) in [6.07, 6.45) is 0. The van der Waals surface area contributed by atoms with Crippen molar-refractivity contribution in [2.24, 2.45) is 0 Å². The Morgan fingerprint density at radius 1 is 1.20 bits per heavy atom. The van der Waals surface area contributed by atoms with Gasteiger partial charge in [-0.05, 0) is 42.5 Å². The molecule has 0 amide bonds. The summed E-state index contributed by atoms with van der Waals surface area (Å²) in [6.45, 7) is 0. The molecule has 3 rings (SSSR count). The number of hydrogen-bond donors (Lipinski definition) is 1. The van der Waals surface area contributed by atoms with E-state index in [-0.39, 0.29) is 16.0 Å². The maximum atomic E-state index is 13.9. The number of nitrogens with one attached hydrogen (secondary N) is 1. The van der Waals surface area contributed by atoms with E-state index in [2.05, 4.69) is 20.9 Å². The van der Waals surface area contributed by atoms with Gasteiger partial charge in [-0.25, -0.2) is 8.96 Å². The van der Waals surface area contributed by atoms with Crippen LogP contribution in [0.15, 0.2) is 51.7 Å². The summed E-state index contributed by atoms with van der Waals surface area (Å²) in [7, 11) is 0. The van der Waals surface area contributed by atoms with E-state index >= 15 is 0 Å². The van der Waals surface area contributed by atoms with Crippen molar-refractivity contribution in [3.8, 4) is 5.69 Å². The Bertz CT molecular complexity index is 932. The van der Waals surface area contributed by atoms with E-state index in [1.165, 1.54) is 16.7 Å². The van der Waals surface area contributed by atoms with E-state index in [9.17, 15) is 9.18 Å². The van der Waals surface area contributed by atoms with Crippen LogP contribution in [0.3, 0.4) is 0 Å². The molecule has 1 aromatic heterocycles. The lowest BCUT2D eigenvalue weighted by atomic mass is 10.2. The number of rotatable bonds is 1. The first-order valence-electron chi connectivity index (χ1n) is 5.77. The van der Waals surface area contributed by atoms with Gasteiger partial charge in [0.15, 0.2) is 4.77 Å². The molecule has 20 heavy (non-hydrogen) atoms. The molecular weight excluding hydrogens is 343 g/mol. The van der Waals surface area contributed by atoms with E-state index < -0.39 is 5.82 Å². The highest BCUT2D eigenvalue weighted by molar-refractivity contribution is 9.10. The maximum absolute atomic E-state index is 13.9. The second-order valence-corrected chi connectivity index (χ2v) is 5.51. The molecule has 0 aliphatic rings. The Hall–Kier alpha value is -1.79. The Morgan fingerprint density at radius 2 is 1.95 bits per heavy atom. The summed E-state index contributed by atoms with van der Waals surface area (Å²) in [5.41, 5.74) is 0.409. The number of hydrogen-bond acceptors (Lipinski definition) is 2. The minimum atomic E-state index is -0.495. The summed E-state index contributed by atoms with van der Waals surface area (Å²) < 4.78 is 16.0. The summed E-state index contributed by atoms with van der Waals surface area (Å²) in [5.74, 6) is -0.495. The van der Waals surface area contributed by atoms with E-state index in [1.54, 1.807) is 30.3 Å². The average Bonchev–Trinajstić information content (AvgIpc) is 2.40.